The molecule has 1 fully saturated rings. The van der Waals surface area contributed by atoms with Crippen LogP contribution in [-0.2, 0) is 4.74 Å². The number of rotatable bonds is 3. The van der Waals surface area contributed by atoms with E-state index in [1.807, 2.05) is 20.8 Å². The topological polar surface area (TPSA) is 49.7 Å². The number of hydrogen-bond acceptors (Lipinski definition) is 3. The number of ether oxygens (including phenoxy) is 1. The van der Waals surface area contributed by atoms with E-state index in [0.29, 0.717) is 6.42 Å². The molecule has 0 aromatic rings. The lowest BCUT2D eigenvalue weighted by molar-refractivity contribution is -0.205. The van der Waals surface area contributed by atoms with Crippen LogP contribution in [0.4, 0.5) is 0 Å². The Morgan fingerprint density at radius 3 is 2.44 bits per heavy atom. The molecule has 6 atom stereocenters. The summed E-state index contributed by atoms with van der Waals surface area (Å²) in [5, 5.41) is 19.7. The van der Waals surface area contributed by atoms with Crippen molar-refractivity contribution in [2.45, 2.75) is 71.4 Å². The number of aliphatic hydroxyl groups is 2. The minimum atomic E-state index is -0.404. The molecule has 6 unspecified atom stereocenters. The van der Waals surface area contributed by atoms with Gasteiger partial charge in [0.15, 0.2) is 0 Å². The molecule has 0 aromatic carbocycles. The minimum absolute atomic E-state index is 0.0517. The van der Waals surface area contributed by atoms with Crippen molar-refractivity contribution < 1.29 is 14.9 Å². The standard InChI is InChI=1S/C13H26O3/c1-6-13(5)7-11(15)9(3)12(16-13)8(2)10(4)14/h8-12,14-15H,6-7H2,1-5H3. The molecular formula is C13H26O3. The quantitative estimate of drug-likeness (QED) is 0.779. The molecule has 1 aliphatic heterocycles. The van der Waals surface area contributed by atoms with Crippen molar-refractivity contribution in [3.63, 3.8) is 0 Å². The van der Waals surface area contributed by atoms with Gasteiger partial charge in [0, 0.05) is 18.3 Å². The fourth-order valence-electron chi connectivity index (χ4n) is 2.42. The molecule has 0 bridgehead atoms. The van der Waals surface area contributed by atoms with Gasteiger partial charge in [0.25, 0.3) is 0 Å². The minimum Gasteiger partial charge on any atom is -0.393 e. The van der Waals surface area contributed by atoms with Gasteiger partial charge in [-0.05, 0) is 20.3 Å². The van der Waals surface area contributed by atoms with E-state index < -0.39 is 6.10 Å². The van der Waals surface area contributed by atoms with Gasteiger partial charge in [-0.15, -0.1) is 0 Å². The van der Waals surface area contributed by atoms with Crippen molar-refractivity contribution in [3.05, 3.63) is 0 Å². The van der Waals surface area contributed by atoms with Crippen LogP contribution in [0.1, 0.15) is 47.5 Å². The summed E-state index contributed by atoms with van der Waals surface area (Å²) < 4.78 is 6.11. The molecule has 0 aromatic heterocycles. The van der Waals surface area contributed by atoms with E-state index in [-0.39, 0.29) is 29.6 Å². The zero-order chi connectivity index (χ0) is 12.5. The molecule has 1 heterocycles. The first-order valence-corrected chi connectivity index (χ1v) is 6.34. The number of aliphatic hydroxyl groups excluding tert-OH is 2. The fourth-order valence-corrected chi connectivity index (χ4v) is 2.42. The third kappa shape index (κ3) is 2.76. The molecule has 96 valence electrons. The first kappa shape index (κ1) is 13.9. The summed E-state index contributed by atoms with van der Waals surface area (Å²) in [6.07, 6.45) is 0.783. The summed E-state index contributed by atoms with van der Waals surface area (Å²) in [6.45, 7) is 9.89. The lowest BCUT2D eigenvalue weighted by Gasteiger charge is -2.47. The molecule has 1 aliphatic rings. The van der Waals surface area contributed by atoms with E-state index in [1.54, 1.807) is 6.92 Å². The predicted octanol–water partition coefficient (Wildman–Crippen LogP) is 1.96. The van der Waals surface area contributed by atoms with Crippen LogP contribution in [-0.4, -0.2) is 34.1 Å². The first-order valence-electron chi connectivity index (χ1n) is 6.34. The van der Waals surface area contributed by atoms with Crippen LogP contribution in [0.15, 0.2) is 0 Å². The molecule has 0 aliphatic carbocycles. The largest absolute Gasteiger partial charge is 0.393 e. The van der Waals surface area contributed by atoms with Crippen LogP contribution in [0.2, 0.25) is 0 Å². The van der Waals surface area contributed by atoms with Crippen LogP contribution < -0.4 is 0 Å². The van der Waals surface area contributed by atoms with Gasteiger partial charge in [-0.25, -0.2) is 0 Å². The average molecular weight is 230 g/mol. The zero-order valence-electron chi connectivity index (χ0n) is 11.1. The van der Waals surface area contributed by atoms with Crippen LogP contribution in [0.25, 0.3) is 0 Å². The van der Waals surface area contributed by atoms with Crippen molar-refractivity contribution in [2.75, 3.05) is 0 Å². The molecule has 0 amide bonds. The lowest BCUT2D eigenvalue weighted by atomic mass is 9.78. The van der Waals surface area contributed by atoms with Crippen molar-refractivity contribution in [1.82, 2.24) is 0 Å². The van der Waals surface area contributed by atoms with E-state index in [9.17, 15) is 10.2 Å². The van der Waals surface area contributed by atoms with E-state index in [4.69, 9.17) is 4.74 Å². The number of hydrogen-bond donors (Lipinski definition) is 2. The van der Waals surface area contributed by atoms with Gasteiger partial charge in [-0.2, -0.15) is 0 Å². The summed E-state index contributed by atoms with van der Waals surface area (Å²) in [4.78, 5) is 0. The van der Waals surface area contributed by atoms with Crippen LogP contribution in [0.3, 0.4) is 0 Å². The molecule has 16 heavy (non-hydrogen) atoms. The Kier molecular flexibility index (Phi) is 4.38. The molecule has 0 saturated carbocycles. The molecule has 1 saturated heterocycles. The second kappa shape index (κ2) is 5.03. The Morgan fingerprint density at radius 1 is 1.44 bits per heavy atom. The molecular weight excluding hydrogens is 204 g/mol. The fraction of sp³-hybridized carbons (Fsp3) is 1.00. The Hall–Kier alpha value is -0.120. The highest BCUT2D eigenvalue weighted by Gasteiger charge is 2.43. The normalized spacial score (nSPS) is 44.1. The van der Waals surface area contributed by atoms with E-state index in [0.717, 1.165) is 6.42 Å². The Labute approximate surface area is 98.8 Å². The molecule has 2 N–H and O–H groups in total. The lowest BCUT2D eigenvalue weighted by Crippen LogP contribution is -2.52. The molecule has 1 rings (SSSR count). The van der Waals surface area contributed by atoms with Gasteiger partial charge in [-0.1, -0.05) is 20.8 Å². The van der Waals surface area contributed by atoms with Gasteiger partial charge in [0.2, 0.25) is 0 Å². The second-order valence-corrected chi connectivity index (χ2v) is 5.62. The maximum Gasteiger partial charge on any atom is 0.0682 e. The summed E-state index contributed by atoms with van der Waals surface area (Å²) in [5.41, 5.74) is -0.250. The summed E-state index contributed by atoms with van der Waals surface area (Å²) in [6, 6.07) is 0. The monoisotopic (exact) mass is 230 g/mol. The van der Waals surface area contributed by atoms with E-state index in [1.165, 1.54) is 0 Å². The van der Waals surface area contributed by atoms with Gasteiger partial charge in [-0.3, -0.25) is 0 Å². The molecule has 0 spiro atoms. The highest BCUT2D eigenvalue weighted by Crippen LogP contribution is 2.38. The average Bonchev–Trinajstić information content (AvgIpc) is 2.22. The maximum absolute atomic E-state index is 10.1. The van der Waals surface area contributed by atoms with E-state index in [2.05, 4.69) is 6.92 Å². The predicted molar refractivity (Wildman–Crippen MR) is 64.2 cm³/mol. The highest BCUT2D eigenvalue weighted by molar-refractivity contribution is 4.92. The third-order valence-electron chi connectivity index (χ3n) is 4.21. The van der Waals surface area contributed by atoms with Crippen LogP contribution in [0, 0.1) is 11.8 Å². The van der Waals surface area contributed by atoms with Crippen molar-refractivity contribution in [2.24, 2.45) is 11.8 Å². The smallest absolute Gasteiger partial charge is 0.0682 e. The second-order valence-electron chi connectivity index (χ2n) is 5.62. The van der Waals surface area contributed by atoms with E-state index >= 15 is 0 Å². The summed E-state index contributed by atoms with van der Waals surface area (Å²) >= 11 is 0. The van der Waals surface area contributed by atoms with Gasteiger partial charge in [0.1, 0.15) is 0 Å². The molecule has 3 heteroatoms. The Bertz CT molecular complexity index is 225. The SMILES string of the molecule is CCC1(C)CC(O)C(C)C(C(C)C(C)O)O1. The van der Waals surface area contributed by atoms with Crippen LogP contribution >= 0.6 is 0 Å². The summed E-state index contributed by atoms with van der Waals surface area (Å²) in [7, 11) is 0. The molecule has 3 nitrogen and oxygen atoms in total. The first-order chi connectivity index (χ1) is 7.30. The van der Waals surface area contributed by atoms with Crippen LogP contribution in [0.5, 0.6) is 0 Å². The zero-order valence-corrected chi connectivity index (χ0v) is 11.1. The highest BCUT2D eigenvalue weighted by atomic mass is 16.5. The third-order valence-corrected chi connectivity index (χ3v) is 4.21. The Balaban J connectivity index is 2.82. The van der Waals surface area contributed by atoms with Gasteiger partial charge < -0.3 is 14.9 Å². The molecule has 0 radical (unpaired) electrons. The van der Waals surface area contributed by atoms with Gasteiger partial charge in [0.05, 0.1) is 23.9 Å². The van der Waals surface area contributed by atoms with Crippen molar-refractivity contribution in [3.8, 4) is 0 Å². The summed E-state index contributed by atoms with van der Waals surface area (Å²) in [5.74, 6) is 0.139. The Morgan fingerprint density at radius 2 is 2.00 bits per heavy atom. The van der Waals surface area contributed by atoms with Crippen molar-refractivity contribution in [1.29, 1.82) is 0 Å². The van der Waals surface area contributed by atoms with Gasteiger partial charge >= 0.3 is 0 Å². The van der Waals surface area contributed by atoms with Crippen molar-refractivity contribution >= 4 is 0 Å². The maximum atomic E-state index is 10.1.